The first-order valence-corrected chi connectivity index (χ1v) is 9.30. The summed E-state index contributed by atoms with van der Waals surface area (Å²) in [4.78, 5) is 0. The quantitative estimate of drug-likeness (QED) is 0.523. The van der Waals surface area contributed by atoms with Crippen molar-refractivity contribution in [1.82, 2.24) is 5.32 Å². The lowest BCUT2D eigenvalue weighted by molar-refractivity contribution is 0.496. The summed E-state index contributed by atoms with van der Waals surface area (Å²) in [5.74, 6) is 0. The van der Waals surface area contributed by atoms with Crippen LogP contribution in [-0.2, 0) is 6.42 Å². The molecule has 0 aliphatic rings. The van der Waals surface area contributed by atoms with Crippen LogP contribution in [0.3, 0.4) is 0 Å². The zero-order chi connectivity index (χ0) is 15.1. The lowest BCUT2D eigenvalue weighted by atomic mass is 9.99. The first-order valence-electron chi connectivity index (χ1n) is 7.43. The molecule has 1 N–H and O–H groups in total. The molecule has 21 heavy (non-hydrogen) atoms. The Labute approximate surface area is 149 Å². The van der Waals surface area contributed by atoms with Crippen molar-refractivity contribution in [1.29, 1.82) is 0 Å². The number of nitrogens with one attached hydrogen (secondary N) is 1. The Kier molecular flexibility index (Phi) is 7.20. The Morgan fingerprint density at radius 2 is 1.90 bits per heavy atom. The molecule has 0 aliphatic heterocycles. The molecule has 0 bridgehead atoms. The fourth-order valence-corrected chi connectivity index (χ4v) is 3.59. The summed E-state index contributed by atoms with van der Waals surface area (Å²) in [5, 5.41) is 3.62. The van der Waals surface area contributed by atoms with E-state index in [0.29, 0.717) is 6.04 Å². The fourth-order valence-electron chi connectivity index (χ4n) is 2.55. The molecule has 0 saturated heterocycles. The first-order chi connectivity index (χ1) is 10.2. The predicted octanol–water partition coefficient (Wildman–Crippen LogP) is 5.73. The summed E-state index contributed by atoms with van der Waals surface area (Å²) >= 11 is 6.08. The molecule has 0 saturated carbocycles. The molecule has 0 radical (unpaired) electrons. The highest BCUT2D eigenvalue weighted by atomic mass is 127. The Morgan fingerprint density at radius 1 is 1.14 bits per heavy atom. The molecule has 2 rings (SSSR count). The molecule has 0 heterocycles. The van der Waals surface area contributed by atoms with E-state index in [4.69, 9.17) is 0 Å². The van der Waals surface area contributed by atoms with Crippen molar-refractivity contribution in [3.05, 3.63) is 67.7 Å². The van der Waals surface area contributed by atoms with Crippen molar-refractivity contribution < 1.29 is 0 Å². The summed E-state index contributed by atoms with van der Waals surface area (Å²) in [5.41, 5.74) is 2.80. The van der Waals surface area contributed by atoms with Crippen LogP contribution in [0.4, 0.5) is 0 Å². The van der Waals surface area contributed by atoms with Gasteiger partial charge in [0.1, 0.15) is 0 Å². The van der Waals surface area contributed by atoms with E-state index in [1.54, 1.807) is 0 Å². The van der Waals surface area contributed by atoms with Crippen molar-refractivity contribution in [3.63, 3.8) is 0 Å². The van der Waals surface area contributed by atoms with Gasteiger partial charge in [0.2, 0.25) is 0 Å². The lowest BCUT2D eigenvalue weighted by Crippen LogP contribution is -2.21. The first kappa shape index (κ1) is 17.0. The maximum Gasteiger partial charge on any atom is 0.0331 e. The van der Waals surface area contributed by atoms with E-state index in [-0.39, 0.29) is 0 Å². The third kappa shape index (κ3) is 5.38. The predicted molar refractivity (Wildman–Crippen MR) is 103 cm³/mol. The maximum atomic E-state index is 3.69. The second kappa shape index (κ2) is 8.91. The van der Waals surface area contributed by atoms with Crippen LogP contribution in [0.5, 0.6) is 0 Å². The largest absolute Gasteiger partial charge is 0.310 e. The van der Waals surface area contributed by atoms with Gasteiger partial charge in [-0.25, -0.2) is 0 Å². The zero-order valence-electron chi connectivity index (χ0n) is 12.3. The van der Waals surface area contributed by atoms with Gasteiger partial charge in [-0.1, -0.05) is 53.2 Å². The van der Waals surface area contributed by atoms with Gasteiger partial charge in [0.15, 0.2) is 0 Å². The van der Waals surface area contributed by atoms with Gasteiger partial charge in [-0.3, -0.25) is 0 Å². The highest BCUT2D eigenvalue weighted by Gasteiger charge is 2.13. The van der Waals surface area contributed by atoms with Crippen LogP contribution in [0.1, 0.15) is 36.9 Å². The topological polar surface area (TPSA) is 12.0 Å². The van der Waals surface area contributed by atoms with Crippen LogP contribution in [0.15, 0.2) is 53.0 Å². The maximum absolute atomic E-state index is 3.69. The second-order valence-electron chi connectivity index (χ2n) is 5.15. The summed E-state index contributed by atoms with van der Waals surface area (Å²) in [6, 6.07) is 17.7. The smallest absolute Gasteiger partial charge is 0.0331 e. The van der Waals surface area contributed by atoms with Crippen LogP contribution in [0.2, 0.25) is 0 Å². The van der Waals surface area contributed by atoms with E-state index in [1.807, 2.05) is 0 Å². The summed E-state index contributed by atoms with van der Waals surface area (Å²) in [6.45, 7) is 3.17. The van der Waals surface area contributed by atoms with E-state index >= 15 is 0 Å². The van der Waals surface area contributed by atoms with Gasteiger partial charge < -0.3 is 5.32 Å². The molecule has 1 atom stereocenters. The van der Waals surface area contributed by atoms with Crippen molar-refractivity contribution in [2.45, 2.75) is 32.2 Å². The number of rotatable bonds is 7. The minimum atomic E-state index is 0.419. The van der Waals surface area contributed by atoms with Gasteiger partial charge in [0.25, 0.3) is 0 Å². The summed E-state index contributed by atoms with van der Waals surface area (Å²) < 4.78 is 2.49. The van der Waals surface area contributed by atoms with Crippen molar-refractivity contribution in [2.75, 3.05) is 6.54 Å². The zero-order valence-corrected chi connectivity index (χ0v) is 16.0. The average molecular weight is 458 g/mol. The molecule has 2 aromatic rings. The number of aryl methyl sites for hydroxylation is 1. The van der Waals surface area contributed by atoms with Crippen LogP contribution in [0, 0.1) is 3.57 Å². The van der Waals surface area contributed by atoms with E-state index < -0.39 is 0 Å². The molecule has 1 unspecified atom stereocenters. The second-order valence-corrected chi connectivity index (χ2v) is 7.25. The number of halogens is 2. The molecule has 0 fully saturated rings. The number of hydrogen-bond donors (Lipinski definition) is 1. The highest BCUT2D eigenvalue weighted by Crippen LogP contribution is 2.28. The van der Waals surface area contributed by atoms with Gasteiger partial charge >= 0.3 is 0 Å². The van der Waals surface area contributed by atoms with Crippen LogP contribution in [-0.4, -0.2) is 6.54 Å². The lowest BCUT2D eigenvalue weighted by Gasteiger charge is -2.20. The standard InChI is InChI=1S/C18H21BrIN/c1-2-21-18(16-13-15(20)11-12-17(16)19)10-6-9-14-7-4-3-5-8-14/h3-5,7-8,11-13,18,21H,2,6,9-10H2,1H3. The number of hydrogen-bond acceptors (Lipinski definition) is 1. The van der Waals surface area contributed by atoms with Gasteiger partial charge in [-0.05, 0) is 77.7 Å². The monoisotopic (exact) mass is 457 g/mol. The minimum Gasteiger partial charge on any atom is -0.310 e. The molecule has 0 amide bonds. The third-order valence-electron chi connectivity index (χ3n) is 3.59. The van der Waals surface area contributed by atoms with Crippen molar-refractivity contribution in [3.8, 4) is 0 Å². The molecular weight excluding hydrogens is 437 g/mol. The summed E-state index contributed by atoms with van der Waals surface area (Å²) in [7, 11) is 0. The minimum absolute atomic E-state index is 0.419. The molecule has 2 aromatic carbocycles. The molecule has 0 spiro atoms. The normalized spacial score (nSPS) is 12.3. The van der Waals surface area contributed by atoms with Gasteiger partial charge in [0, 0.05) is 14.1 Å². The number of benzene rings is 2. The Hall–Kier alpha value is -0.390. The van der Waals surface area contributed by atoms with Crippen molar-refractivity contribution >= 4 is 38.5 Å². The molecule has 112 valence electrons. The van der Waals surface area contributed by atoms with Gasteiger partial charge in [-0.15, -0.1) is 0 Å². The van der Waals surface area contributed by atoms with Gasteiger partial charge in [0.05, 0.1) is 0 Å². The molecular formula is C18H21BrIN. The van der Waals surface area contributed by atoms with E-state index in [2.05, 4.69) is 99.3 Å². The Bertz CT molecular complexity index is 556. The summed E-state index contributed by atoms with van der Waals surface area (Å²) in [6.07, 6.45) is 3.49. The van der Waals surface area contributed by atoms with Crippen molar-refractivity contribution in [2.24, 2.45) is 0 Å². The van der Waals surface area contributed by atoms with Crippen LogP contribution >= 0.6 is 38.5 Å². The van der Waals surface area contributed by atoms with E-state index in [9.17, 15) is 0 Å². The molecule has 0 aliphatic carbocycles. The van der Waals surface area contributed by atoms with Crippen LogP contribution in [0.25, 0.3) is 0 Å². The third-order valence-corrected chi connectivity index (χ3v) is 4.98. The molecule has 3 heteroatoms. The SMILES string of the molecule is CCNC(CCCc1ccccc1)c1cc(I)ccc1Br. The average Bonchev–Trinajstić information content (AvgIpc) is 2.50. The Balaban J connectivity index is 2.00. The van der Waals surface area contributed by atoms with Crippen LogP contribution < -0.4 is 5.32 Å². The molecule has 1 nitrogen and oxygen atoms in total. The fraction of sp³-hybridized carbons (Fsp3) is 0.333. The highest BCUT2D eigenvalue weighted by molar-refractivity contribution is 14.1. The van der Waals surface area contributed by atoms with E-state index in [1.165, 1.54) is 25.6 Å². The van der Waals surface area contributed by atoms with Gasteiger partial charge in [-0.2, -0.15) is 0 Å². The molecule has 0 aromatic heterocycles. The Morgan fingerprint density at radius 3 is 2.62 bits per heavy atom. The van der Waals surface area contributed by atoms with E-state index in [0.717, 1.165) is 19.4 Å².